The number of rotatable bonds is 1. The molecule has 2 rings (SSSR count). The van der Waals surface area contributed by atoms with Gasteiger partial charge in [0, 0.05) is 5.56 Å². The van der Waals surface area contributed by atoms with Crippen molar-refractivity contribution < 1.29 is 9.50 Å². The second-order valence-electron chi connectivity index (χ2n) is 3.40. The summed E-state index contributed by atoms with van der Waals surface area (Å²) in [6.45, 7) is 0. The minimum absolute atomic E-state index is 0.243. The highest BCUT2D eigenvalue weighted by atomic mass is 79.9. The zero-order chi connectivity index (χ0) is 10.1. The molecule has 0 radical (unpaired) electrons. The molecule has 0 fully saturated rings. The Morgan fingerprint density at radius 2 is 2.21 bits per heavy atom. The first-order valence-electron chi connectivity index (χ1n) is 4.51. The molecule has 0 aromatic heterocycles. The van der Waals surface area contributed by atoms with Crippen LogP contribution in [-0.4, -0.2) is 11.2 Å². The van der Waals surface area contributed by atoms with E-state index in [0.29, 0.717) is 16.5 Å². The second kappa shape index (κ2) is 3.83. The van der Waals surface area contributed by atoms with Gasteiger partial charge in [-0.15, -0.1) is 0 Å². The lowest BCUT2D eigenvalue weighted by Crippen LogP contribution is -1.93. The van der Waals surface area contributed by atoms with E-state index in [1.807, 2.05) is 0 Å². The van der Waals surface area contributed by atoms with E-state index in [1.54, 1.807) is 24.3 Å². The molecule has 14 heavy (non-hydrogen) atoms. The Hall–Kier alpha value is -0.670. The third kappa shape index (κ3) is 1.74. The number of allylic oxidation sites excluding steroid dienone is 1. The molecule has 1 aromatic carbocycles. The standard InChI is InChI=1S/C11H10BrFO/c12-10-3-1-2-9(11(10)13)7-4-5-8(14)6-7/h1-3,6,8,14H,4-5H2. The summed E-state index contributed by atoms with van der Waals surface area (Å²) in [5, 5.41) is 9.31. The summed E-state index contributed by atoms with van der Waals surface area (Å²) in [7, 11) is 0. The van der Waals surface area contributed by atoms with Crippen LogP contribution < -0.4 is 0 Å². The van der Waals surface area contributed by atoms with Crippen LogP contribution in [0.5, 0.6) is 0 Å². The van der Waals surface area contributed by atoms with Gasteiger partial charge in [0.05, 0.1) is 10.6 Å². The lowest BCUT2D eigenvalue weighted by Gasteiger charge is -2.04. The number of halogens is 2. The van der Waals surface area contributed by atoms with Crippen molar-refractivity contribution >= 4 is 21.5 Å². The van der Waals surface area contributed by atoms with Crippen LogP contribution in [0.2, 0.25) is 0 Å². The zero-order valence-corrected chi connectivity index (χ0v) is 9.09. The minimum Gasteiger partial charge on any atom is -0.389 e. The molecule has 1 N–H and O–H groups in total. The Morgan fingerprint density at radius 1 is 1.43 bits per heavy atom. The second-order valence-corrected chi connectivity index (χ2v) is 4.25. The molecule has 0 heterocycles. The molecule has 74 valence electrons. The number of aliphatic hydroxyl groups excluding tert-OH is 1. The average molecular weight is 257 g/mol. The average Bonchev–Trinajstić information content (AvgIpc) is 2.57. The molecule has 0 bridgehead atoms. The highest BCUT2D eigenvalue weighted by Gasteiger charge is 2.17. The number of hydrogen-bond donors (Lipinski definition) is 1. The fraction of sp³-hybridized carbons (Fsp3) is 0.273. The van der Waals surface area contributed by atoms with Crippen molar-refractivity contribution in [1.29, 1.82) is 0 Å². The van der Waals surface area contributed by atoms with Gasteiger partial charge >= 0.3 is 0 Å². The van der Waals surface area contributed by atoms with Gasteiger partial charge in [0.25, 0.3) is 0 Å². The fourth-order valence-electron chi connectivity index (χ4n) is 1.68. The predicted octanol–water partition coefficient (Wildman–Crippen LogP) is 3.13. The largest absolute Gasteiger partial charge is 0.389 e. The molecular formula is C11H10BrFO. The van der Waals surface area contributed by atoms with Gasteiger partial charge in [0.1, 0.15) is 5.82 Å². The van der Waals surface area contributed by atoms with Crippen LogP contribution in [0.4, 0.5) is 4.39 Å². The summed E-state index contributed by atoms with van der Waals surface area (Å²) in [5.74, 6) is -0.243. The van der Waals surface area contributed by atoms with E-state index in [2.05, 4.69) is 15.9 Å². The molecular weight excluding hydrogens is 247 g/mol. The summed E-state index contributed by atoms with van der Waals surface area (Å²) in [6, 6.07) is 5.21. The smallest absolute Gasteiger partial charge is 0.144 e. The summed E-state index contributed by atoms with van der Waals surface area (Å²) in [5.41, 5.74) is 1.49. The Morgan fingerprint density at radius 3 is 2.86 bits per heavy atom. The van der Waals surface area contributed by atoms with Crippen LogP contribution in [0.1, 0.15) is 18.4 Å². The lowest BCUT2D eigenvalue weighted by molar-refractivity contribution is 0.223. The van der Waals surface area contributed by atoms with Crippen LogP contribution in [0.3, 0.4) is 0 Å². The van der Waals surface area contributed by atoms with E-state index in [0.717, 1.165) is 12.0 Å². The van der Waals surface area contributed by atoms with Gasteiger partial charge in [-0.25, -0.2) is 4.39 Å². The van der Waals surface area contributed by atoms with Gasteiger partial charge in [-0.05, 0) is 40.4 Å². The van der Waals surface area contributed by atoms with Gasteiger partial charge in [0.15, 0.2) is 0 Å². The van der Waals surface area contributed by atoms with Crippen molar-refractivity contribution in [3.63, 3.8) is 0 Å². The van der Waals surface area contributed by atoms with Gasteiger partial charge in [0.2, 0.25) is 0 Å². The number of aliphatic hydroxyl groups is 1. The van der Waals surface area contributed by atoms with Gasteiger partial charge in [-0.2, -0.15) is 0 Å². The van der Waals surface area contributed by atoms with Crippen LogP contribution in [-0.2, 0) is 0 Å². The van der Waals surface area contributed by atoms with Crippen molar-refractivity contribution in [2.24, 2.45) is 0 Å². The Kier molecular flexibility index (Phi) is 2.70. The quantitative estimate of drug-likeness (QED) is 0.819. The molecule has 1 unspecified atom stereocenters. The number of hydrogen-bond acceptors (Lipinski definition) is 1. The summed E-state index contributed by atoms with van der Waals surface area (Å²) < 4.78 is 14.1. The molecule has 3 heteroatoms. The van der Waals surface area contributed by atoms with Crippen molar-refractivity contribution in [1.82, 2.24) is 0 Å². The third-order valence-electron chi connectivity index (χ3n) is 2.40. The predicted molar refractivity (Wildman–Crippen MR) is 57.3 cm³/mol. The normalized spacial score (nSPS) is 21.1. The van der Waals surface area contributed by atoms with Crippen LogP contribution >= 0.6 is 15.9 Å². The number of benzene rings is 1. The highest BCUT2D eigenvalue weighted by molar-refractivity contribution is 9.10. The van der Waals surface area contributed by atoms with Crippen molar-refractivity contribution in [3.8, 4) is 0 Å². The van der Waals surface area contributed by atoms with E-state index in [4.69, 9.17) is 0 Å². The Bertz CT molecular complexity index is 387. The molecule has 1 aliphatic carbocycles. The monoisotopic (exact) mass is 256 g/mol. The maximum atomic E-state index is 13.6. The molecule has 0 amide bonds. The van der Waals surface area contributed by atoms with E-state index < -0.39 is 6.10 Å². The first kappa shape index (κ1) is 9.87. The summed E-state index contributed by atoms with van der Waals surface area (Å²) >= 11 is 3.14. The summed E-state index contributed by atoms with van der Waals surface area (Å²) in [6.07, 6.45) is 2.75. The van der Waals surface area contributed by atoms with Crippen LogP contribution in [0.25, 0.3) is 5.57 Å². The molecule has 1 aliphatic rings. The SMILES string of the molecule is OC1C=C(c2cccc(Br)c2F)CC1. The van der Waals surface area contributed by atoms with Gasteiger partial charge in [-0.3, -0.25) is 0 Å². The Balaban J connectivity index is 2.42. The molecule has 0 saturated carbocycles. The van der Waals surface area contributed by atoms with Crippen LogP contribution in [0.15, 0.2) is 28.7 Å². The molecule has 0 spiro atoms. The molecule has 1 nitrogen and oxygen atoms in total. The van der Waals surface area contributed by atoms with Crippen molar-refractivity contribution in [3.05, 3.63) is 40.1 Å². The molecule has 0 saturated heterocycles. The lowest BCUT2D eigenvalue weighted by atomic mass is 10.1. The topological polar surface area (TPSA) is 20.2 Å². The van der Waals surface area contributed by atoms with E-state index in [9.17, 15) is 9.50 Å². The minimum atomic E-state index is -0.414. The van der Waals surface area contributed by atoms with Gasteiger partial charge in [-0.1, -0.05) is 18.2 Å². The first-order valence-corrected chi connectivity index (χ1v) is 5.31. The van der Waals surface area contributed by atoms with Crippen LogP contribution in [0, 0.1) is 5.82 Å². The molecule has 0 aliphatic heterocycles. The maximum Gasteiger partial charge on any atom is 0.144 e. The van der Waals surface area contributed by atoms with Crippen molar-refractivity contribution in [2.75, 3.05) is 0 Å². The fourth-order valence-corrected chi connectivity index (χ4v) is 2.04. The van der Waals surface area contributed by atoms with E-state index >= 15 is 0 Å². The molecule has 1 aromatic rings. The van der Waals surface area contributed by atoms with E-state index in [-0.39, 0.29) is 5.82 Å². The molecule has 1 atom stereocenters. The van der Waals surface area contributed by atoms with Crippen molar-refractivity contribution in [2.45, 2.75) is 18.9 Å². The maximum absolute atomic E-state index is 13.6. The first-order chi connectivity index (χ1) is 6.68. The van der Waals surface area contributed by atoms with E-state index in [1.165, 1.54) is 0 Å². The third-order valence-corrected chi connectivity index (χ3v) is 3.01. The zero-order valence-electron chi connectivity index (χ0n) is 7.50. The highest BCUT2D eigenvalue weighted by Crippen LogP contribution is 2.31. The summed E-state index contributed by atoms with van der Waals surface area (Å²) in [4.78, 5) is 0. The van der Waals surface area contributed by atoms with Gasteiger partial charge < -0.3 is 5.11 Å². The Labute approximate surface area is 90.4 Å².